The molecule has 0 fully saturated rings. The smallest absolute Gasteiger partial charge is 0.123 e. The monoisotopic (exact) mass is 238 g/mol. The molecule has 1 unspecified atom stereocenters. The van der Waals surface area contributed by atoms with Crippen molar-refractivity contribution in [2.45, 2.75) is 30.3 Å². The molecule has 0 aromatic heterocycles. The fourth-order valence-corrected chi connectivity index (χ4v) is 2.13. The minimum atomic E-state index is -0.344. The molecule has 0 bridgehead atoms. The summed E-state index contributed by atoms with van der Waals surface area (Å²) in [5.41, 5.74) is 0. The van der Waals surface area contributed by atoms with Gasteiger partial charge in [-0.25, -0.2) is 4.39 Å². The Hall–Kier alpha value is -0.980. The third-order valence-corrected chi connectivity index (χ3v) is 3.27. The van der Waals surface area contributed by atoms with Crippen LogP contribution in [0.4, 0.5) is 4.39 Å². The lowest BCUT2D eigenvalue weighted by molar-refractivity contribution is 0.187. The second-order valence-corrected chi connectivity index (χ2v) is 4.61. The van der Waals surface area contributed by atoms with E-state index in [0.29, 0.717) is 12.2 Å². The van der Waals surface area contributed by atoms with Gasteiger partial charge in [0, 0.05) is 17.1 Å². The number of halogens is 1. The molecule has 1 rings (SSSR count). The van der Waals surface area contributed by atoms with Crippen LogP contribution >= 0.6 is 11.8 Å². The first-order chi connectivity index (χ1) is 7.72. The van der Waals surface area contributed by atoms with Gasteiger partial charge in [0.05, 0.1) is 6.10 Å². The largest absolute Gasteiger partial charge is 0.392 e. The molecule has 0 heterocycles. The number of aliphatic hydroxyl groups is 1. The SMILES string of the molecule is C#CCCCC(O)CSc1ccc(F)cc1. The van der Waals surface area contributed by atoms with Crippen molar-refractivity contribution in [1.82, 2.24) is 0 Å². The average molecular weight is 238 g/mol. The van der Waals surface area contributed by atoms with Crippen molar-refractivity contribution in [3.63, 3.8) is 0 Å². The fourth-order valence-electron chi connectivity index (χ4n) is 1.25. The van der Waals surface area contributed by atoms with E-state index in [9.17, 15) is 9.50 Å². The third-order valence-electron chi connectivity index (χ3n) is 2.11. The summed E-state index contributed by atoms with van der Waals surface area (Å²) in [7, 11) is 0. The standard InChI is InChI=1S/C13H15FOS/c1-2-3-4-5-12(15)10-16-13-8-6-11(14)7-9-13/h1,6-9,12,15H,3-5,10H2. The Balaban J connectivity index is 2.23. The highest BCUT2D eigenvalue weighted by atomic mass is 32.2. The van der Waals surface area contributed by atoms with Crippen molar-refractivity contribution < 1.29 is 9.50 Å². The number of terminal acetylenes is 1. The van der Waals surface area contributed by atoms with Gasteiger partial charge in [0.2, 0.25) is 0 Å². The molecule has 1 nitrogen and oxygen atoms in total. The zero-order chi connectivity index (χ0) is 11.8. The van der Waals surface area contributed by atoms with Crippen LogP contribution in [0.5, 0.6) is 0 Å². The summed E-state index contributed by atoms with van der Waals surface area (Å²) >= 11 is 1.53. The molecule has 1 aromatic carbocycles. The molecule has 1 N–H and O–H groups in total. The normalized spacial score (nSPS) is 12.1. The van der Waals surface area contributed by atoms with E-state index < -0.39 is 0 Å². The number of thioether (sulfide) groups is 1. The van der Waals surface area contributed by atoms with Crippen molar-refractivity contribution in [2.24, 2.45) is 0 Å². The highest BCUT2D eigenvalue weighted by Crippen LogP contribution is 2.20. The number of aliphatic hydroxyl groups excluding tert-OH is 1. The van der Waals surface area contributed by atoms with Crippen LogP contribution in [0.15, 0.2) is 29.2 Å². The Morgan fingerprint density at radius 3 is 2.69 bits per heavy atom. The lowest BCUT2D eigenvalue weighted by Gasteiger charge is -2.08. The van der Waals surface area contributed by atoms with E-state index in [4.69, 9.17) is 6.42 Å². The molecular formula is C13H15FOS. The zero-order valence-electron chi connectivity index (χ0n) is 9.03. The van der Waals surface area contributed by atoms with Crippen LogP contribution in [0.25, 0.3) is 0 Å². The second kappa shape index (κ2) is 7.32. The van der Waals surface area contributed by atoms with E-state index in [1.165, 1.54) is 23.9 Å². The van der Waals surface area contributed by atoms with Crippen molar-refractivity contribution in [1.29, 1.82) is 0 Å². The van der Waals surface area contributed by atoms with Crippen LogP contribution < -0.4 is 0 Å². The lowest BCUT2D eigenvalue weighted by Crippen LogP contribution is -2.09. The quantitative estimate of drug-likeness (QED) is 0.467. The molecule has 1 aromatic rings. The fraction of sp³-hybridized carbons (Fsp3) is 0.385. The van der Waals surface area contributed by atoms with E-state index in [2.05, 4.69) is 5.92 Å². The van der Waals surface area contributed by atoms with Gasteiger partial charge in [0.25, 0.3) is 0 Å². The lowest BCUT2D eigenvalue weighted by atomic mass is 10.2. The predicted molar refractivity (Wildman–Crippen MR) is 65.8 cm³/mol. The summed E-state index contributed by atoms with van der Waals surface area (Å²) in [5, 5.41) is 9.63. The molecule has 0 saturated heterocycles. The minimum absolute atomic E-state index is 0.237. The number of hydrogen-bond acceptors (Lipinski definition) is 2. The molecule has 16 heavy (non-hydrogen) atoms. The topological polar surface area (TPSA) is 20.2 Å². The van der Waals surface area contributed by atoms with E-state index in [1.54, 1.807) is 12.1 Å². The van der Waals surface area contributed by atoms with E-state index in [0.717, 1.165) is 17.7 Å². The summed E-state index contributed by atoms with van der Waals surface area (Å²) in [6, 6.07) is 6.28. The predicted octanol–water partition coefficient (Wildman–Crippen LogP) is 3.08. The first kappa shape index (κ1) is 13.1. The molecule has 3 heteroatoms. The van der Waals surface area contributed by atoms with Crippen molar-refractivity contribution >= 4 is 11.8 Å². The first-order valence-electron chi connectivity index (χ1n) is 5.22. The Kier molecular flexibility index (Phi) is 5.99. The van der Waals surface area contributed by atoms with Crippen molar-refractivity contribution in [3.8, 4) is 12.3 Å². The van der Waals surface area contributed by atoms with Crippen LogP contribution in [-0.2, 0) is 0 Å². The van der Waals surface area contributed by atoms with Crippen LogP contribution in [0.2, 0.25) is 0 Å². The summed E-state index contributed by atoms with van der Waals surface area (Å²) in [6.07, 6.45) is 7.05. The van der Waals surface area contributed by atoms with Gasteiger partial charge in [-0.05, 0) is 37.1 Å². The molecule has 0 spiro atoms. The first-order valence-corrected chi connectivity index (χ1v) is 6.21. The van der Waals surface area contributed by atoms with Crippen molar-refractivity contribution in [2.75, 3.05) is 5.75 Å². The minimum Gasteiger partial charge on any atom is -0.392 e. The molecule has 0 aliphatic heterocycles. The van der Waals surface area contributed by atoms with Crippen molar-refractivity contribution in [3.05, 3.63) is 30.1 Å². The Morgan fingerprint density at radius 2 is 2.06 bits per heavy atom. The molecule has 0 radical (unpaired) electrons. The van der Waals surface area contributed by atoms with Gasteiger partial charge in [0.1, 0.15) is 5.82 Å². The summed E-state index contributed by atoms with van der Waals surface area (Å²) in [5.74, 6) is 2.93. The van der Waals surface area contributed by atoms with Crippen LogP contribution in [0.1, 0.15) is 19.3 Å². The highest BCUT2D eigenvalue weighted by Gasteiger charge is 2.04. The van der Waals surface area contributed by atoms with Gasteiger partial charge in [-0.1, -0.05) is 0 Å². The maximum atomic E-state index is 12.6. The Labute approximate surface area is 100 Å². The molecule has 0 saturated carbocycles. The summed E-state index contributed by atoms with van der Waals surface area (Å²) < 4.78 is 12.6. The van der Waals surface area contributed by atoms with Gasteiger partial charge < -0.3 is 5.11 Å². The maximum Gasteiger partial charge on any atom is 0.123 e. The highest BCUT2D eigenvalue weighted by molar-refractivity contribution is 7.99. The molecule has 0 amide bonds. The third kappa shape index (κ3) is 5.20. The molecule has 0 aliphatic carbocycles. The number of benzene rings is 1. The maximum absolute atomic E-state index is 12.6. The molecular weight excluding hydrogens is 223 g/mol. The Morgan fingerprint density at radius 1 is 1.38 bits per heavy atom. The van der Waals surface area contributed by atoms with E-state index in [-0.39, 0.29) is 11.9 Å². The molecule has 1 atom stereocenters. The van der Waals surface area contributed by atoms with E-state index in [1.807, 2.05) is 0 Å². The van der Waals surface area contributed by atoms with Gasteiger partial charge in [-0.3, -0.25) is 0 Å². The van der Waals surface area contributed by atoms with Crippen LogP contribution in [0, 0.1) is 18.2 Å². The van der Waals surface area contributed by atoms with Crippen LogP contribution in [-0.4, -0.2) is 17.0 Å². The Bertz CT molecular complexity index is 342. The number of hydrogen-bond donors (Lipinski definition) is 1. The molecule has 0 aliphatic rings. The zero-order valence-corrected chi connectivity index (χ0v) is 9.84. The van der Waals surface area contributed by atoms with Crippen LogP contribution in [0.3, 0.4) is 0 Å². The summed E-state index contributed by atoms with van der Waals surface area (Å²) in [6.45, 7) is 0. The average Bonchev–Trinajstić information content (AvgIpc) is 2.29. The number of rotatable bonds is 6. The van der Waals surface area contributed by atoms with Gasteiger partial charge in [-0.2, -0.15) is 0 Å². The summed E-state index contributed by atoms with van der Waals surface area (Å²) in [4.78, 5) is 0.970. The van der Waals surface area contributed by atoms with Gasteiger partial charge in [-0.15, -0.1) is 24.1 Å². The van der Waals surface area contributed by atoms with E-state index >= 15 is 0 Å². The van der Waals surface area contributed by atoms with Gasteiger partial charge >= 0.3 is 0 Å². The second-order valence-electron chi connectivity index (χ2n) is 3.52. The number of unbranched alkanes of at least 4 members (excludes halogenated alkanes) is 1. The van der Waals surface area contributed by atoms with Gasteiger partial charge in [0.15, 0.2) is 0 Å². The molecule has 86 valence electrons.